The number of hydrogen-bond acceptors (Lipinski definition) is 5. The van der Waals surface area contributed by atoms with Gasteiger partial charge in [0.2, 0.25) is 0 Å². The second kappa shape index (κ2) is 11.2. The van der Waals surface area contributed by atoms with Crippen molar-refractivity contribution in [3.8, 4) is 0 Å². The molecule has 35 heavy (non-hydrogen) atoms. The number of nitrogens with zero attached hydrogens (tertiary/aromatic N) is 1. The van der Waals surface area contributed by atoms with E-state index in [-0.39, 0.29) is 5.97 Å². The van der Waals surface area contributed by atoms with E-state index in [1.165, 1.54) is 19.2 Å². The van der Waals surface area contributed by atoms with Gasteiger partial charge >= 0.3 is 5.97 Å². The van der Waals surface area contributed by atoms with Crippen molar-refractivity contribution >= 4 is 46.1 Å². The number of aromatic nitrogens is 1. The van der Waals surface area contributed by atoms with Crippen LogP contribution in [0.5, 0.6) is 0 Å². The lowest BCUT2D eigenvalue weighted by atomic mass is 9.99. The van der Waals surface area contributed by atoms with Crippen molar-refractivity contribution < 1.29 is 9.53 Å². The van der Waals surface area contributed by atoms with Crippen LogP contribution in [0.1, 0.15) is 33.4 Å². The number of carbonyl (C=O) groups is 1. The van der Waals surface area contributed by atoms with Crippen LogP contribution in [0.25, 0.3) is 10.9 Å². The standard InChI is InChI=1S/C29H28N2O2S2/c1-33-28(32)25(31-26(20-11-4-2-5-12-20)21-13-6-3-7-14-21)19-23-22-15-8-9-16-24(22)30-27(23)29-34-17-10-18-35-29/h2-9,11-16,25,29-30H,10,17-19H2,1H3/t25-/m1/s1. The molecule has 4 aromatic rings. The van der Waals surface area contributed by atoms with Crippen LogP contribution in [0.4, 0.5) is 0 Å². The Kier molecular flexibility index (Phi) is 7.60. The fourth-order valence-electron chi connectivity index (χ4n) is 4.47. The monoisotopic (exact) mass is 500 g/mol. The van der Waals surface area contributed by atoms with Gasteiger partial charge in [0.25, 0.3) is 0 Å². The van der Waals surface area contributed by atoms with Crippen LogP contribution >= 0.6 is 23.5 Å². The van der Waals surface area contributed by atoms with E-state index in [0.29, 0.717) is 11.0 Å². The third-order valence-electron chi connectivity index (χ3n) is 6.16. The molecule has 0 aliphatic carbocycles. The molecular formula is C29H28N2O2S2. The van der Waals surface area contributed by atoms with Gasteiger partial charge in [-0.15, -0.1) is 23.5 Å². The third-order valence-corrected chi connectivity index (χ3v) is 9.10. The molecule has 178 valence electrons. The number of aromatic amines is 1. The van der Waals surface area contributed by atoms with E-state index in [0.717, 1.165) is 44.8 Å². The molecular weight excluding hydrogens is 472 g/mol. The van der Waals surface area contributed by atoms with Gasteiger partial charge in [-0.3, -0.25) is 4.99 Å². The van der Waals surface area contributed by atoms with Gasteiger partial charge in [0, 0.05) is 34.1 Å². The van der Waals surface area contributed by atoms with E-state index in [9.17, 15) is 4.79 Å². The molecule has 3 aromatic carbocycles. The van der Waals surface area contributed by atoms with Gasteiger partial charge in [-0.05, 0) is 29.6 Å². The topological polar surface area (TPSA) is 54.5 Å². The summed E-state index contributed by atoms with van der Waals surface area (Å²) in [7, 11) is 1.44. The maximum Gasteiger partial charge on any atom is 0.330 e. The molecule has 1 aliphatic heterocycles. The highest BCUT2D eigenvalue weighted by molar-refractivity contribution is 8.16. The average molecular weight is 501 g/mol. The summed E-state index contributed by atoms with van der Waals surface area (Å²) in [6, 6.07) is 27.8. The molecule has 5 rings (SSSR count). The number of esters is 1. The zero-order valence-corrected chi connectivity index (χ0v) is 21.3. The van der Waals surface area contributed by atoms with Crippen LogP contribution in [0.2, 0.25) is 0 Å². The number of thioether (sulfide) groups is 2. The SMILES string of the molecule is COC(=O)[C@@H](Cc1c(C2SCCCS2)[nH]c2ccccc12)N=C(c1ccccc1)c1ccccc1. The quantitative estimate of drug-likeness (QED) is 0.228. The summed E-state index contributed by atoms with van der Waals surface area (Å²) < 4.78 is 5.59. The molecule has 1 fully saturated rings. The lowest BCUT2D eigenvalue weighted by Gasteiger charge is -2.22. The van der Waals surface area contributed by atoms with Crippen molar-refractivity contribution in [3.63, 3.8) is 0 Å². The molecule has 0 bridgehead atoms. The number of para-hydroxylation sites is 1. The van der Waals surface area contributed by atoms with E-state index in [4.69, 9.17) is 9.73 Å². The fraction of sp³-hybridized carbons (Fsp3) is 0.241. The zero-order valence-electron chi connectivity index (χ0n) is 19.6. The predicted octanol–water partition coefficient (Wildman–Crippen LogP) is 6.66. The van der Waals surface area contributed by atoms with Crippen molar-refractivity contribution in [2.75, 3.05) is 18.6 Å². The molecule has 1 N–H and O–H groups in total. The Morgan fingerprint density at radius 2 is 1.54 bits per heavy atom. The van der Waals surface area contributed by atoms with E-state index in [1.807, 2.05) is 90.3 Å². The molecule has 0 spiro atoms. The summed E-state index contributed by atoms with van der Waals surface area (Å²) in [5, 5.41) is 1.15. The fourth-order valence-corrected chi connectivity index (χ4v) is 7.40. The van der Waals surface area contributed by atoms with Gasteiger partial charge < -0.3 is 9.72 Å². The van der Waals surface area contributed by atoms with Gasteiger partial charge in [-0.25, -0.2) is 4.79 Å². The Morgan fingerprint density at radius 1 is 0.943 bits per heavy atom. The smallest absolute Gasteiger partial charge is 0.330 e. The van der Waals surface area contributed by atoms with E-state index in [2.05, 4.69) is 23.2 Å². The largest absolute Gasteiger partial charge is 0.467 e. The number of aliphatic imine (C=N–C) groups is 1. The second-order valence-electron chi connectivity index (χ2n) is 8.44. The summed E-state index contributed by atoms with van der Waals surface area (Å²) in [4.78, 5) is 21.9. The Bertz CT molecular complexity index is 1270. The molecule has 1 aromatic heterocycles. The first-order valence-electron chi connectivity index (χ1n) is 11.8. The second-order valence-corrected chi connectivity index (χ2v) is 11.2. The van der Waals surface area contributed by atoms with Crippen LogP contribution in [-0.2, 0) is 16.0 Å². The minimum absolute atomic E-state index is 0.324. The zero-order chi connectivity index (χ0) is 24.0. The van der Waals surface area contributed by atoms with Gasteiger partial charge in [-0.2, -0.15) is 0 Å². The molecule has 4 nitrogen and oxygen atoms in total. The average Bonchev–Trinajstić information content (AvgIpc) is 3.30. The van der Waals surface area contributed by atoms with Crippen molar-refractivity contribution in [1.29, 1.82) is 0 Å². The van der Waals surface area contributed by atoms with Crippen LogP contribution in [0.3, 0.4) is 0 Å². The Balaban J connectivity index is 1.61. The van der Waals surface area contributed by atoms with Gasteiger partial charge in [0.15, 0.2) is 6.04 Å². The summed E-state index contributed by atoms with van der Waals surface area (Å²) in [5.74, 6) is 1.98. The number of benzene rings is 3. The summed E-state index contributed by atoms with van der Waals surface area (Å²) in [6.07, 6.45) is 1.71. The number of nitrogens with one attached hydrogen (secondary N) is 1. The van der Waals surface area contributed by atoms with Crippen LogP contribution < -0.4 is 0 Å². The maximum absolute atomic E-state index is 13.1. The van der Waals surface area contributed by atoms with E-state index in [1.54, 1.807) is 0 Å². The van der Waals surface area contributed by atoms with Gasteiger partial charge in [0.1, 0.15) is 0 Å². The summed E-state index contributed by atoms with van der Waals surface area (Å²) in [5.41, 5.74) is 6.21. The lowest BCUT2D eigenvalue weighted by Crippen LogP contribution is -2.25. The number of H-pyrrole nitrogens is 1. The first kappa shape index (κ1) is 23.8. The van der Waals surface area contributed by atoms with Crippen molar-refractivity contribution in [2.24, 2.45) is 4.99 Å². The molecule has 1 saturated heterocycles. The van der Waals surface area contributed by atoms with E-state index < -0.39 is 6.04 Å². The number of carbonyl (C=O) groups excluding carboxylic acids is 1. The van der Waals surface area contributed by atoms with Crippen molar-refractivity contribution in [1.82, 2.24) is 4.98 Å². The number of rotatable bonds is 7. The highest BCUT2D eigenvalue weighted by Gasteiger charge is 2.28. The van der Waals surface area contributed by atoms with Crippen molar-refractivity contribution in [3.05, 3.63) is 107 Å². The third kappa shape index (κ3) is 5.34. The first-order valence-corrected chi connectivity index (χ1v) is 13.9. The minimum Gasteiger partial charge on any atom is -0.467 e. The minimum atomic E-state index is -0.660. The van der Waals surface area contributed by atoms with Gasteiger partial charge in [-0.1, -0.05) is 78.9 Å². The maximum atomic E-state index is 13.1. The summed E-state index contributed by atoms with van der Waals surface area (Å²) >= 11 is 3.95. The highest BCUT2D eigenvalue weighted by atomic mass is 32.2. The molecule has 0 saturated carbocycles. The van der Waals surface area contributed by atoms with Crippen molar-refractivity contribution in [2.45, 2.75) is 23.5 Å². The molecule has 0 radical (unpaired) electrons. The summed E-state index contributed by atoms with van der Waals surface area (Å²) in [6.45, 7) is 0. The Labute approximate surface area is 214 Å². The highest BCUT2D eigenvalue weighted by Crippen LogP contribution is 2.46. The molecule has 0 amide bonds. The molecule has 1 atom stereocenters. The Hall–Kier alpha value is -2.96. The number of ether oxygens (including phenoxy) is 1. The molecule has 0 unspecified atom stereocenters. The molecule has 1 aliphatic rings. The number of methoxy groups -OCH3 is 1. The predicted molar refractivity (Wildman–Crippen MR) is 149 cm³/mol. The normalized spacial score (nSPS) is 15.0. The van der Waals surface area contributed by atoms with Crippen LogP contribution in [-0.4, -0.2) is 41.3 Å². The number of fused-ring (bicyclic) bond motifs is 1. The molecule has 6 heteroatoms. The van der Waals surface area contributed by atoms with Gasteiger partial charge in [0.05, 0.1) is 17.4 Å². The van der Waals surface area contributed by atoms with Crippen LogP contribution in [0, 0.1) is 0 Å². The Morgan fingerprint density at radius 3 is 2.17 bits per heavy atom. The first-order chi connectivity index (χ1) is 17.2. The molecule has 2 heterocycles. The lowest BCUT2D eigenvalue weighted by molar-refractivity contribution is -0.142. The number of hydrogen-bond donors (Lipinski definition) is 1. The van der Waals surface area contributed by atoms with Crippen LogP contribution in [0.15, 0.2) is 89.9 Å². The van der Waals surface area contributed by atoms with E-state index >= 15 is 0 Å².